The van der Waals surface area contributed by atoms with Gasteiger partial charge in [-0.05, 0) is 48.9 Å². The highest BCUT2D eigenvalue weighted by Crippen LogP contribution is 2.39. The van der Waals surface area contributed by atoms with E-state index in [-0.39, 0.29) is 18.6 Å². The minimum atomic E-state index is -1.06. The minimum Gasteiger partial charge on any atom is -0.447 e. The fourth-order valence-electron chi connectivity index (χ4n) is 3.68. The van der Waals surface area contributed by atoms with E-state index in [0.717, 1.165) is 28.3 Å². The van der Waals surface area contributed by atoms with Crippen LogP contribution >= 0.6 is 23.4 Å². The first-order chi connectivity index (χ1) is 16.9. The van der Waals surface area contributed by atoms with Crippen molar-refractivity contribution in [3.05, 3.63) is 53.5 Å². The largest absolute Gasteiger partial charge is 0.447 e. The van der Waals surface area contributed by atoms with Crippen LogP contribution in [0.3, 0.4) is 0 Å². The molecule has 1 amide bonds. The summed E-state index contributed by atoms with van der Waals surface area (Å²) in [6.45, 7) is 1.74. The van der Waals surface area contributed by atoms with Gasteiger partial charge in [0.25, 0.3) is 0 Å². The molecular formula is C24H26ClN3O5S2. The van der Waals surface area contributed by atoms with Gasteiger partial charge in [-0.25, -0.2) is 14.8 Å². The molecule has 2 aromatic heterocycles. The zero-order chi connectivity index (χ0) is 24.8. The van der Waals surface area contributed by atoms with E-state index in [1.165, 1.54) is 11.8 Å². The smallest absolute Gasteiger partial charge is 0.409 e. The summed E-state index contributed by atoms with van der Waals surface area (Å²) in [5.41, 5.74) is 1.57. The highest BCUT2D eigenvalue weighted by molar-refractivity contribution is 7.99. The van der Waals surface area contributed by atoms with E-state index >= 15 is 0 Å². The number of pyridine rings is 1. The number of carbonyl (C=O) groups excluding carboxylic acids is 1. The number of hydrogen-bond acceptors (Lipinski definition) is 8. The summed E-state index contributed by atoms with van der Waals surface area (Å²) in [4.78, 5) is 23.9. The number of piperidine rings is 1. The third-order valence-electron chi connectivity index (χ3n) is 5.59. The van der Waals surface area contributed by atoms with Crippen LogP contribution in [0.15, 0.2) is 62.0 Å². The molecule has 1 fully saturated rings. The van der Waals surface area contributed by atoms with Crippen LogP contribution in [0.25, 0.3) is 11.3 Å². The number of likely N-dealkylation sites (tertiary alicyclic amines) is 1. The third kappa shape index (κ3) is 6.63. The van der Waals surface area contributed by atoms with Gasteiger partial charge in [0.15, 0.2) is 11.0 Å². The van der Waals surface area contributed by atoms with Crippen molar-refractivity contribution in [3.8, 4) is 11.3 Å². The van der Waals surface area contributed by atoms with Crippen molar-refractivity contribution in [2.45, 2.75) is 33.8 Å². The first kappa shape index (κ1) is 25.7. The molecule has 4 rings (SSSR count). The molecule has 0 N–H and O–H groups in total. The van der Waals surface area contributed by atoms with Gasteiger partial charge < -0.3 is 18.8 Å². The number of aromatic nitrogens is 2. The predicted octanol–water partition coefficient (Wildman–Crippen LogP) is 5.24. The van der Waals surface area contributed by atoms with Crippen LogP contribution in [-0.4, -0.2) is 64.8 Å². The fourth-order valence-corrected chi connectivity index (χ4v) is 5.13. The van der Waals surface area contributed by atoms with Crippen molar-refractivity contribution in [3.63, 3.8) is 0 Å². The Kier molecular flexibility index (Phi) is 8.83. The number of amides is 1. The molecule has 3 heterocycles. The number of rotatable bonds is 8. The summed E-state index contributed by atoms with van der Waals surface area (Å²) < 4.78 is 28.2. The summed E-state index contributed by atoms with van der Waals surface area (Å²) in [5.74, 6) is 0.707. The number of carbonyl (C=O) groups is 1. The monoisotopic (exact) mass is 535 g/mol. The molecule has 1 saturated heterocycles. The molecule has 1 aromatic carbocycles. The summed E-state index contributed by atoms with van der Waals surface area (Å²) in [6, 6.07) is 11.1. The summed E-state index contributed by atoms with van der Waals surface area (Å²) in [5, 5.41) is 1.92. The van der Waals surface area contributed by atoms with Crippen LogP contribution in [-0.2, 0) is 20.3 Å². The standard InChI is InChI=1S/C24H26ClN3O5S2/c1-31-13-14-32-24(29)28-11-9-17(10-12-28)22-27-21(16-3-6-19(7-4-16)35(2)30)23(33-22)34-20-8-5-18(25)15-26-20/h3-8,15,17H,9-14H2,1-2H3. The number of nitrogens with zero attached hydrogens (tertiary/aromatic N) is 3. The minimum absolute atomic E-state index is 0.0757. The van der Waals surface area contributed by atoms with Crippen LogP contribution in [0, 0.1) is 0 Å². The van der Waals surface area contributed by atoms with Crippen molar-refractivity contribution >= 4 is 40.3 Å². The van der Waals surface area contributed by atoms with E-state index in [9.17, 15) is 9.00 Å². The lowest BCUT2D eigenvalue weighted by molar-refractivity contribution is 0.0649. The average molecular weight is 536 g/mol. The molecule has 0 saturated carbocycles. The van der Waals surface area contributed by atoms with E-state index in [2.05, 4.69) is 4.98 Å². The van der Waals surface area contributed by atoms with E-state index in [1.807, 2.05) is 30.3 Å². The first-order valence-corrected chi connectivity index (χ1v) is 13.8. The van der Waals surface area contributed by atoms with E-state index in [0.29, 0.717) is 41.4 Å². The number of methoxy groups -OCH3 is 1. The maximum atomic E-state index is 12.2. The van der Waals surface area contributed by atoms with Gasteiger partial charge in [-0.1, -0.05) is 23.7 Å². The molecule has 0 bridgehead atoms. The molecule has 8 nitrogen and oxygen atoms in total. The molecule has 3 aromatic rings. The third-order valence-corrected chi connectivity index (χ3v) is 7.66. The maximum absolute atomic E-state index is 12.2. The van der Waals surface area contributed by atoms with Crippen LogP contribution in [0.1, 0.15) is 24.7 Å². The Hall–Kier alpha value is -2.40. The predicted molar refractivity (Wildman–Crippen MR) is 134 cm³/mol. The SMILES string of the molecule is COCCOC(=O)N1CCC(c2nc(-c3ccc(S(C)=O)cc3)c(Sc3ccc(Cl)cn3)o2)CC1. The summed E-state index contributed by atoms with van der Waals surface area (Å²) in [6.07, 6.45) is 4.35. The van der Waals surface area contributed by atoms with Crippen molar-refractivity contribution < 1.29 is 22.9 Å². The average Bonchev–Trinajstić information content (AvgIpc) is 3.29. The van der Waals surface area contributed by atoms with Crippen molar-refractivity contribution in [2.75, 3.05) is 39.7 Å². The lowest BCUT2D eigenvalue weighted by Gasteiger charge is -2.29. The normalized spacial score (nSPS) is 15.2. The fraction of sp³-hybridized carbons (Fsp3) is 0.375. The second-order valence-electron chi connectivity index (χ2n) is 7.95. The summed E-state index contributed by atoms with van der Waals surface area (Å²) >= 11 is 7.36. The molecule has 1 aliphatic rings. The Morgan fingerprint density at radius 1 is 1.20 bits per heavy atom. The van der Waals surface area contributed by atoms with E-state index in [1.54, 1.807) is 30.5 Å². The van der Waals surface area contributed by atoms with Gasteiger partial charge in [-0.3, -0.25) is 4.21 Å². The van der Waals surface area contributed by atoms with Gasteiger partial charge >= 0.3 is 6.09 Å². The lowest BCUT2D eigenvalue weighted by atomic mass is 9.97. The number of benzene rings is 1. The van der Waals surface area contributed by atoms with Crippen LogP contribution in [0.4, 0.5) is 4.79 Å². The van der Waals surface area contributed by atoms with Gasteiger partial charge in [0.05, 0.1) is 11.6 Å². The molecule has 1 unspecified atom stereocenters. The molecule has 0 spiro atoms. The number of hydrogen-bond donors (Lipinski definition) is 0. The Labute approximate surface area is 215 Å². The van der Waals surface area contributed by atoms with Crippen LogP contribution < -0.4 is 0 Å². The zero-order valence-corrected chi connectivity index (χ0v) is 21.8. The second-order valence-corrected chi connectivity index (χ2v) is 10.8. The van der Waals surface area contributed by atoms with Gasteiger partial charge in [-0.15, -0.1) is 0 Å². The van der Waals surface area contributed by atoms with E-state index < -0.39 is 10.8 Å². The zero-order valence-electron chi connectivity index (χ0n) is 19.4. The molecule has 0 aliphatic carbocycles. The molecule has 1 atom stereocenters. The first-order valence-electron chi connectivity index (χ1n) is 11.1. The maximum Gasteiger partial charge on any atom is 0.409 e. The number of oxazole rings is 1. The quantitative estimate of drug-likeness (QED) is 0.361. The Morgan fingerprint density at radius 2 is 1.94 bits per heavy atom. The Balaban J connectivity index is 1.53. The summed E-state index contributed by atoms with van der Waals surface area (Å²) in [7, 11) is 0.505. The molecule has 35 heavy (non-hydrogen) atoms. The van der Waals surface area contributed by atoms with Crippen LogP contribution in [0.2, 0.25) is 5.02 Å². The van der Waals surface area contributed by atoms with Gasteiger partial charge in [-0.2, -0.15) is 0 Å². The van der Waals surface area contributed by atoms with E-state index in [4.69, 9.17) is 30.5 Å². The highest BCUT2D eigenvalue weighted by Gasteiger charge is 2.29. The molecule has 0 radical (unpaired) electrons. The van der Waals surface area contributed by atoms with Crippen LogP contribution in [0.5, 0.6) is 0 Å². The Morgan fingerprint density at radius 3 is 2.57 bits per heavy atom. The molecular weight excluding hydrogens is 510 g/mol. The topological polar surface area (TPSA) is 94.8 Å². The molecule has 186 valence electrons. The van der Waals surface area contributed by atoms with Gasteiger partial charge in [0.2, 0.25) is 0 Å². The number of halogens is 1. The molecule has 1 aliphatic heterocycles. The van der Waals surface area contributed by atoms with Crippen molar-refractivity contribution in [1.29, 1.82) is 0 Å². The highest BCUT2D eigenvalue weighted by atomic mass is 35.5. The van der Waals surface area contributed by atoms with Gasteiger partial charge in [0, 0.05) is 59.8 Å². The Bertz CT molecular complexity index is 1160. The molecule has 11 heteroatoms. The van der Waals surface area contributed by atoms with Gasteiger partial charge in [0.1, 0.15) is 17.3 Å². The lowest BCUT2D eigenvalue weighted by Crippen LogP contribution is -2.38. The number of ether oxygens (including phenoxy) is 2. The van der Waals surface area contributed by atoms with Crippen molar-refractivity contribution in [1.82, 2.24) is 14.9 Å². The second kappa shape index (κ2) is 12.0. The van der Waals surface area contributed by atoms with Crippen molar-refractivity contribution in [2.24, 2.45) is 0 Å².